The van der Waals surface area contributed by atoms with E-state index in [0.717, 1.165) is 12.8 Å². The maximum atomic E-state index is 10.6. The van der Waals surface area contributed by atoms with Gasteiger partial charge in [0.1, 0.15) is 0 Å². The number of phosphoric ester groups is 1. The molecule has 25 heavy (non-hydrogen) atoms. The Morgan fingerprint density at radius 3 is 2.04 bits per heavy atom. The Balaban J connectivity index is 3.51. The predicted molar refractivity (Wildman–Crippen MR) is 102 cm³/mol. The van der Waals surface area contributed by atoms with Crippen LogP contribution in [-0.4, -0.2) is 33.6 Å². The zero-order valence-corrected chi connectivity index (χ0v) is 16.3. The van der Waals surface area contributed by atoms with Crippen molar-refractivity contribution in [1.29, 1.82) is 0 Å². The first-order valence-corrected chi connectivity index (χ1v) is 10.8. The highest BCUT2D eigenvalue weighted by Gasteiger charge is 2.19. The minimum absolute atomic E-state index is 0.385. The van der Waals surface area contributed by atoms with E-state index in [9.17, 15) is 9.67 Å². The Kier molecular flexibility index (Phi) is 15.4. The van der Waals surface area contributed by atoms with Crippen LogP contribution in [0.2, 0.25) is 0 Å². The highest BCUT2D eigenvalue weighted by atomic mass is 31.2. The second-order valence-electron chi connectivity index (χ2n) is 6.33. The lowest BCUT2D eigenvalue weighted by atomic mass is 10.1. The fraction of sp³-hybridized carbons (Fsp3) is 0.778. The van der Waals surface area contributed by atoms with Crippen LogP contribution in [-0.2, 0) is 9.09 Å². The lowest BCUT2D eigenvalue weighted by Gasteiger charge is -2.15. The number of unbranched alkanes of at least 4 members (excludes halogenated alkanes) is 8. The van der Waals surface area contributed by atoms with Crippen molar-refractivity contribution < 1.29 is 24.0 Å². The molecule has 0 heterocycles. The Labute approximate surface area is 152 Å². The number of rotatable bonds is 16. The quantitative estimate of drug-likeness (QED) is 0.185. The molecule has 5 N–H and O–H groups in total. The van der Waals surface area contributed by atoms with E-state index in [4.69, 9.17) is 15.5 Å². The minimum atomic E-state index is -4.54. The molecule has 0 amide bonds. The third-order valence-electron chi connectivity index (χ3n) is 3.82. The van der Waals surface area contributed by atoms with Crippen LogP contribution in [0.15, 0.2) is 24.3 Å². The third kappa shape index (κ3) is 18.1. The van der Waals surface area contributed by atoms with Gasteiger partial charge in [-0.05, 0) is 32.1 Å². The van der Waals surface area contributed by atoms with E-state index < -0.39 is 20.0 Å². The summed E-state index contributed by atoms with van der Waals surface area (Å²) >= 11 is 0. The van der Waals surface area contributed by atoms with Gasteiger partial charge in [-0.2, -0.15) is 0 Å². The van der Waals surface area contributed by atoms with Crippen LogP contribution < -0.4 is 5.73 Å². The average Bonchev–Trinajstić information content (AvgIpc) is 2.56. The molecule has 0 aromatic carbocycles. The maximum absolute atomic E-state index is 10.6. The van der Waals surface area contributed by atoms with Gasteiger partial charge in [-0.15, -0.1) is 0 Å². The predicted octanol–water partition coefficient (Wildman–Crippen LogP) is 3.82. The molecular formula is C18H36NO5P. The molecule has 2 atom stereocenters. The SMILES string of the molecule is CCC/C=C\CCCCCCCC/C=C/[C@@H](O)[C@@H](N)COP(=O)(O)O. The van der Waals surface area contributed by atoms with E-state index in [1.807, 2.05) is 6.08 Å². The number of nitrogens with two attached hydrogens (primary N) is 1. The smallest absolute Gasteiger partial charge is 0.387 e. The molecule has 0 aliphatic carbocycles. The van der Waals surface area contributed by atoms with Crippen LogP contribution in [0.1, 0.15) is 71.1 Å². The van der Waals surface area contributed by atoms with Gasteiger partial charge in [-0.3, -0.25) is 4.52 Å². The number of hydrogen-bond acceptors (Lipinski definition) is 4. The molecule has 0 saturated carbocycles. The van der Waals surface area contributed by atoms with Crippen LogP contribution >= 0.6 is 7.82 Å². The Morgan fingerprint density at radius 2 is 1.48 bits per heavy atom. The molecule has 0 aromatic heterocycles. The highest BCUT2D eigenvalue weighted by molar-refractivity contribution is 7.46. The van der Waals surface area contributed by atoms with Crippen molar-refractivity contribution in [2.24, 2.45) is 5.73 Å². The molecule has 0 aromatic rings. The minimum Gasteiger partial charge on any atom is -0.387 e. The molecule has 0 rings (SSSR count). The number of allylic oxidation sites excluding steroid dienone is 3. The lowest BCUT2D eigenvalue weighted by molar-refractivity contribution is 0.129. The van der Waals surface area contributed by atoms with Crippen molar-refractivity contribution in [1.82, 2.24) is 0 Å². The normalized spacial score (nSPS) is 15.2. The maximum Gasteiger partial charge on any atom is 0.469 e. The molecule has 0 aliphatic rings. The average molecular weight is 377 g/mol. The van der Waals surface area contributed by atoms with Crippen LogP contribution in [0, 0.1) is 0 Å². The zero-order valence-electron chi connectivity index (χ0n) is 15.4. The van der Waals surface area contributed by atoms with Crippen molar-refractivity contribution in [3.05, 3.63) is 24.3 Å². The van der Waals surface area contributed by atoms with E-state index in [1.54, 1.807) is 6.08 Å². The summed E-state index contributed by atoms with van der Waals surface area (Å²) in [5.74, 6) is 0. The van der Waals surface area contributed by atoms with Crippen LogP contribution in [0.4, 0.5) is 0 Å². The Bertz CT molecular complexity index is 408. The summed E-state index contributed by atoms with van der Waals surface area (Å²) < 4.78 is 14.8. The van der Waals surface area contributed by atoms with Crippen LogP contribution in [0.25, 0.3) is 0 Å². The van der Waals surface area contributed by atoms with E-state index in [-0.39, 0.29) is 6.61 Å². The van der Waals surface area contributed by atoms with Crippen molar-refractivity contribution >= 4 is 7.82 Å². The summed E-state index contributed by atoms with van der Waals surface area (Å²) in [5, 5.41) is 9.74. The third-order valence-corrected chi connectivity index (χ3v) is 4.31. The molecule has 0 aliphatic heterocycles. The van der Waals surface area contributed by atoms with E-state index in [1.165, 1.54) is 51.4 Å². The summed E-state index contributed by atoms with van der Waals surface area (Å²) in [6, 6.07) is -0.852. The summed E-state index contributed by atoms with van der Waals surface area (Å²) in [4.78, 5) is 17.2. The summed E-state index contributed by atoms with van der Waals surface area (Å²) in [6.45, 7) is 1.80. The van der Waals surface area contributed by atoms with Crippen molar-refractivity contribution in [3.63, 3.8) is 0 Å². The summed E-state index contributed by atoms with van der Waals surface area (Å²) in [7, 11) is -4.54. The van der Waals surface area contributed by atoms with Gasteiger partial charge in [-0.1, -0.05) is 63.3 Å². The van der Waals surface area contributed by atoms with Gasteiger partial charge in [0.25, 0.3) is 0 Å². The Morgan fingerprint density at radius 1 is 0.960 bits per heavy atom. The zero-order chi connectivity index (χ0) is 19.0. The van der Waals surface area contributed by atoms with Crippen molar-refractivity contribution in [3.8, 4) is 0 Å². The monoisotopic (exact) mass is 377 g/mol. The first kappa shape index (κ1) is 24.5. The largest absolute Gasteiger partial charge is 0.469 e. The molecule has 7 heteroatoms. The molecule has 0 bridgehead atoms. The standard InChI is InChI=1S/C18H36NO5P/c1-2-3-4-5-6-7-8-9-10-11-12-13-14-15-18(20)17(19)16-24-25(21,22)23/h4-5,14-15,17-18,20H,2-3,6-13,16,19H2,1H3,(H2,21,22,23)/b5-4-,15-14+/t17-,18+/m0/s1. The van der Waals surface area contributed by atoms with E-state index >= 15 is 0 Å². The summed E-state index contributed by atoms with van der Waals surface area (Å²) in [6.07, 6.45) is 18.7. The first-order chi connectivity index (χ1) is 11.9. The van der Waals surface area contributed by atoms with Gasteiger partial charge in [0.05, 0.1) is 18.8 Å². The van der Waals surface area contributed by atoms with Gasteiger partial charge >= 0.3 is 7.82 Å². The van der Waals surface area contributed by atoms with E-state index in [0.29, 0.717) is 0 Å². The molecule has 0 spiro atoms. The summed E-state index contributed by atoms with van der Waals surface area (Å²) in [5.41, 5.74) is 5.60. The first-order valence-electron chi connectivity index (χ1n) is 9.32. The van der Waals surface area contributed by atoms with Gasteiger partial charge in [-0.25, -0.2) is 4.57 Å². The molecule has 6 nitrogen and oxygen atoms in total. The van der Waals surface area contributed by atoms with Crippen LogP contribution in [0.5, 0.6) is 0 Å². The molecule has 0 radical (unpaired) electrons. The highest BCUT2D eigenvalue weighted by Crippen LogP contribution is 2.35. The van der Waals surface area contributed by atoms with Gasteiger partial charge in [0.2, 0.25) is 0 Å². The number of phosphoric acid groups is 1. The van der Waals surface area contributed by atoms with Crippen LogP contribution in [0.3, 0.4) is 0 Å². The number of hydrogen-bond donors (Lipinski definition) is 4. The number of aliphatic hydroxyl groups excluding tert-OH is 1. The molecular weight excluding hydrogens is 341 g/mol. The molecule has 0 saturated heterocycles. The second-order valence-corrected chi connectivity index (χ2v) is 7.57. The van der Waals surface area contributed by atoms with Gasteiger partial charge in [0, 0.05) is 0 Å². The van der Waals surface area contributed by atoms with E-state index in [2.05, 4.69) is 23.6 Å². The lowest BCUT2D eigenvalue weighted by Crippen LogP contribution is -2.37. The van der Waals surface area contributed by atoms with Crippen molar-refractivity contribution in [2.75, 3.05) is 6.61 Å². The molecule has 148 valence electrons. The number of aliphatic hydroxyl groups is 1. The fourth-order valence-electron chi connectivity index (χ4n) is 2.29. The fourth-order valence-corrected chi connectivity index (χ4v) is 2.66. The second kappa shape index (κ2) is 15.7. The topological polar surface area (TPSA) is 113 Å². The molecule has 0 unspecified atom stereocenters. The Hall–Kier alpha value is -0.490. The van der Waals surface area contributed by atoms with Crippen molar-refractivity contribution in [2.45, 2.75) is 83.3 Å². The molecule has 0 fully saturated rings. The van der Waals surface area contributed by atoms with Gasteiger partial charge < -0.3 is 20.6 Å². The van der Waals surface area contributed by atoms with Gasteiger partial charge in [0.15, 0.2) is 0 Å².